The fraction of sp³-hybridized carbons (Fsp3) is 0.294. The van der Waals surface area contributed by atoms with E-state index >= 15 is 0 Å². The van der Waals surface area contributed by atoms with E-state index in [0.29, 0.717) is 6.54 Å². The third-order valence-electron chi connectivity index (χ3n) is 4.16. The van der Waals surface area contributed by atoms with Crippen LogP contribution in [-0.2, 0) is 14.8 Å². The van der Waals surface area contributed by atoms with Gasteiger partial charge in [-0.05, 0) is 48.7 Å². The Morgan fingerprint density at radius 2 is 2.00 bits per heavy atom. The zero-order valence-electron chi connectivity index (χ0n) is 13.3. The lowest BCUT2D eigenvalue weighted by molar-refractivity contribution is 0.0600. The fourth-order valence-corrected chi connectivity index (χ4v) is 4.71. The maximum Gasteiger partial charge on any atom is 0.337 e. The minimum Gasteiger partial charge on any atom is -0.465 e. The van der Waals surface area contributed by atoms with Gasteiger partial charge >= 0.3 is 5.97 Å². The summed E-state index contributed by atoms with van der Waals surface area (Å²) in [6.45, 7) is 0.456. The SMILES string of the molecule is COC(=O)c1cccc(S(=O)(=O)N2CCC[C@H]2c2ccncc2)c1. The van der Waals surface area contributed by atoms with Crippen LogP contribution in [0, 0.1) is 0 Å². The van der Waals surface area contributed by atoms with Gasteiger partial charge in [-0.3, -0.25) is 4.98 Å². The highest BCUT2D eigenvalue weighted by atomic mass is 32.2. The number of sulfonamides is 1. The molecule has 6 nitrogen and oxygen atoms in total. The van der Waals surface area contributed by atoms with E-state index in [0.717, 1.165) is 18.4 Å². The Morgan fingerprint density at radius 3 is 2.71 bits per heavy atom. The Labute approximate surface area is 141 Å². The quantitative estimate of drug-likeness (QED) is 0.795. The smallest absolute Gasteiger partial charge is 0.337 e. The largest absolute Gasteiger partial charge is 0.465 e. The molecule has 24 heavy (non-hydrogen) atoms. The van der Waals surface area contributed by atoms with Crippen LogP contribution in [0.5, 0.6) is 0 Å². The lowest BCUT2D eigenvalue weighted by atomic mass is 10.1. The topological polar surface area (TPSA) is 76.6 Å². The molecule has 7 heteroatoms. The van der Waals surface area contributed by atoms with Gasteiger partial charge in [-0.15, -0.1) is 0 Å². The average molecular weight is 346 g/mol. The molecule has 0 aliphatic carbocycles. The number of benzene rings is 1. The number of methoxy groups -OCH3 is 1. The monoisotopic (exact) mass is 346 g/mol. The molecule has 0 spiro atoms. The van der Waals surface area contributed by atoms with E-state index in [1.165, 1.54) is 29.6 Å². The molecule has 1 aromatic carbocycles. The van der Waals surface area contributed by atoms with Crippen molar-refractivity contribution in [2.45, 2.75) is 23.8 Å². The van der Waals surface area contributed by atoms with Crippen LogP contribution in [0.2, 0.25) is 0 Å². The van der Waals surface area contributed by atoms with Crippen molar-refractivity contribution in [1.29, 1.82) is 0 Å². The van der Waals surface area contributed by atoms with E-state index in [2.05, 4.69) is 9.72 Å². The summed E-state index contributed by atoms with van der Waals surface area (Å²) >= 11 is 0. The normalized spacial score (nSPS) is 18.5. The second-order valence-corrected chi connectivity index (χ2v) is 7.46. The second kappa shape index (κ2) is 6.70. The number of carbonyl (C=O) groups excluding carboxylic acids is 1. The van der Waals surface area contributed by atoms with E-state index in [4.69, 9.17) is 0 Å². The van der Waals surface area contributed by atoms with E-state index in [-0.39, 0.29) is 16.5 Å². The standard InChI is InChI=1S/C17H18N2O4S/c1-23-17(20)14-4-2-5-15(12-14)24(21,22)19-11-3-6-16(19)13-7-9-18-10-8-13/h2,4-5,7-10,12,16H,3,6,11H2,1H3/t16-/m0/s1. The molecule has 0 radical (unpaired) electrons. The molecule has 0 N–H and O–H groups in total. The van der Waals surface area contributed by atoms with E-state index < -0.39 is 16.0 Å². The number of nitrogens with zero attached hydrogens (tertiary/aromatic N) is 2. The van der Waals surface area contributed by atoms with Gasteiger partial charge < -0.3 is 4.74 Å². The number of carbonyl (C=O) groups is 1. The number of pyridine rings is 1. The summed E-state index contributed by atoms with van der Waals surface area (Å²) in [5.74, 6) is -0.556. The molecule has 1 aliphatic rings. The first-order valence-corrected chi connectivity index (χ1v) is 9.08. The Bertz CT molecular complexity index is 837. The molecule has 0 saturated carbocycles. The maximum absolute atomic E-state index is 13.0. The van der Waals surface area contributed by atoms with Crippen molar-refractivity contribution in [3.05, 3.63) is 59.9 Å². The van der Waals surface area contributed by atoms with Gasteiger partial charge in [-0.2, -0.15) is 4.31 Å². The van der Waals surface area contributed by atoms with Gasteiger partial charge in [-0.1, -0.05) is 6.07 Å². The molecular formula is C17H18N2O4S. The summed E-state index contributed by atoms with van der Waals surface area (Å²) in [6, 6.07) is 9.42. The molecular weight excluding hydrogens is 328 g/mol. The van der Waals surface area contributed by atoms with Crippen LogP contribution in [0.1, 0.15) is 34.8 Å². The summed E-state index contributed by atoms with van der Waals surface area (Å²) in [5.41, 5.74) is 1.15. The van der Waals surface area contributed by atoms with Crippen LogP contribution >= 0.6 is 0 Å². The second-order valence-electron chi connectivity index (χ2n) is 5.57. The molecule has 126 valence electrons. The first-order valence-electron chi connectivity index (χ1n) is 7.64. The van der Waals surface area contributed by atoms with E-state index in [1.54, 1.807) is 18.5 Å². The van der Waals surface area contributed by atoms with Crippen LogP contribution in [0.15, 0.2) is 53.7 Å². The summed E-state index contributed by atoms with van der Waals surface area (Å²) in [4.78, 5) is 15.7. The zero-order chi connectivity index (χ0) is 17.2. The van der Waals surface area contributed by atoms with Crippen LogP contribution < -0.4 is 0 Å². The number of hydrogen-bond donors (Lipinski definition) is 0. The van der Waals surface area contributed by atoms with Crippen LogP contribution in [0.4, 0.5) is 0 Å². The van der Waals surface area contributed by atoms with Crippen molar-refractivity contribution in [1.82, 2.24) is 9.29 Å². The lowest BCUT2D eigenvalue weighted by Crippen LogP contribution is -2.30. The van der Waals surface area contributed by atoms with Crippen LogP contribution in [-0.4, -0.2) is 37.3 Å². The number of aromatic nitrogens is 1. The van der Waals surface area contributed by atoms with Crippen molar-refractivity contribution >= 4 is 16.0 Å². The highest BCUT2D eigenvalue weighted by molar-refractivity contribution is 7.89. The number of esters is 1. The minimum absolute atomic E-state index is 0.103. The van der Waals surface area contributed by atoms with Crippen molar-refractivity contribution < 1.29 is 17.9 Å². The van der Waals surface area contributed by atoms with Gasteiger partial charge in [0, 0.05) is 18.9 Å². The van der Waals surface area contributed by atoms with Crippen LogP contribution in [0.3, 0.4) is 0 Å². The van der Waals surface area contributed by atoms with Gasteiger partial charge in [0.05, 0.1) is 23.6 Å². The van der Waals surface area contributed by atoms with Crippen LogP contribution in [0.25, 0.3) is 0 Å². The first kappa shape index (κ1) is 16.6. The first-order chi connectivity index (χ1) is 11.5. The number of hydrogen-bond acceptors (Lipinski definition) is 5. The van der Waals surface area contributed by atoms with Gasteiger partial charge in [0.25, 0.3) is 0 Å². The molecule has 1 aromatic heterocycles. The fourth-order valence-electron chi connectivity index (χ4n) is 2.98. The van der Waals surface area contributed by atoms with E-state index in [9.17, 15) is 13.2 Å². The zero-order valence-corrected chi connectivity index (χ0v) is 14.1. The molecule has 2 heterocycles. The Kier molecular flexibility index (Phi) is 4.64. The highest BCUT2D eigenvalue weighted by Crippen LogP contribution is 2.36. The van der Waals surface area contributed by atoms with Crippen molar-refractivity contribution in [3.8, 4) is 0 Å². The molecule has 2 aromatic rings. The molecule has 1 aliphatic heterocycles. The Morgan fingerprint density at radius 1 is 1.25 bits per heavy atom. The van der Waals surface area contributed by atoms with Crippen molar-refractivity contribution in [2.75, 3.05) is 13.7 Å². The maximum atomic E-state index is 13.0. The van der Waals surface area contributed by atoms with Gasteiger partial charge in [0.2, 0.25) is 10.0 Å². The van der Waals surface area contributed by atoms with Crippen molar-refractivity contribution in [3.63, 3.8) is 0 Å². The van der Waals surface area contributed by atoms with Gasteiger partial charge in [0.1, 0.15) is 0 Å². The molecule has 1 saturated heterocycles. The van der Waals surface area contributed by atoms with Gasteiger partial charge in [-0.25, -0.2) is 13.2 Å². The van der Waals surface area contributed by atoms with E-state index in [1.807, 2.05) is 12.1 Å². The molecule has 3 rings (SSSR count). The summed E-state index contributed by atoms with van der Waals surface area (Å²) in [6.07, 6.45) is 4.88. The number of rotatable bonds is 4. The highest BCUT2D eigenvalue weighted by Gasteiger charge is 2.36. The van der Waals surface area contributed by atoms with Gasteiger partial charge in [0.15, 0.2) is 0 Å². The van der Waals surface area contributed by atoms with Crippen molar-refractivity contribution in [2.24, 2.45) is 0 Å². The third-order valence-corrected chi connectivity index (χ3v) is 6.06. The molecule has 0 amide bonds. The average Bonchev–Trinajstić information content (AvgIpc) is 3.12. The molecule has 1 atom stereocenters. The summed E-state index contributed by atoms with van der Waals surface area (Å²) in [7, 11) is -2.43. The predicted molar refractivity (Wildman–Crippen MR) is 87.9 cm³/mol. The molecule has 1 fully saturated rings. The Hall–Kier alpha value is -2.25. The Balaban J connectivity index is 1.97. The number of ether oxygens (including phenoxy) is 1. The predicted octanol–water partition coefficient (Wildman–Crippen LogP) is 2.39. The molecule has 0 unspecified atom stereocenters. The third kappa shape index (κ3) is 3.05. The summed E-state index contributed by atoms with van der Waals surface area (Å²) in [5, 5.41) is 0. The molecule has 0 bridgehead atoms. The summed E-state index contributed by atoms with van der Waals surface area (Å²) < 4.78 is 32.2. The lowest BCUT2D eigenvalue weighted by Gasteiger charge is -2.24. The minimum atomic E-state index is -3.70.